The van der Waals surface area contributed by atoms with Gasteiger partial charge >= 0.3 is 0 Å². The fourth-order valence-corrected chi connectivity index (χ4v) is 5.54. The second-order valence-electron chi connectivity index (χ2n) is 7.85. The number of anilines is 1. The van der Waals surface area contributed by atoms with Crippen LogP contribution in [-0.2, 0) is 4.79 Å². The Morgan fingerprint density at radius 2 is 1.73 bits per heavy atom. The number of carbonyl (C=O) groups is 1. The van der Waals surface area contributed by atoms with E-state index in [2.05, 4.69) is 45.8 Å². The first-order chi connectivity index (χ1) is 16.0. The molecule has 0 aliphatic carbocycles. The van der Waals surface area contributed by atoms with Crippen LogP contribution in [0.5, 0.6) is 0 Å². The Morgan fingerprint density at radius 3 is 2.39 bits per heavy atom. The largest absolute Gasteiger partial charge is 0.309 e. The Balaban J connectivity index is 1.77. The van der Waals surface area contributed by atoms with Crippen LogP contribution >= 0.6 is 23.5 Å². The number of aromatic nitrogens is 4. The van der Waals surface area contributed by atoms with Crippen molar-refractivity contribution in [2.24, 2.45) is 0 Å². The Hall–Kier alpha value is -3.10. The highest BCUT2D eigenvalue weighted by molar-refractivity contribution is 8.00. The van der Waals surface area contributed by atoms with Crippen LogP contribution in [-0.4, -0.2) is 37.7 Å². The SMILES string of the molecule is CSc1ccc([C@H]2SCC(=O)Nc3c2c(-c2ccccc2)nn3-c2nc(C)cc(C)n2)cc1. The number of carbonyl (C=O) groups excluding carboxylic acids is 1. The van der Waals surface area contributed by atoms with Gasteiger partial charge in [0.25, 0.3) is 5.95 Å². The van der Waals surface area contributed by atoms with Crippen molar-refractivity contribution in [2.75, 3.05) is 17.3 Å². The van der Waals surface area contributed by atoms with E-state index in [-0.39, 0.29) is 11.2 Å². The average Bonchev–Trinajstić information content (AvgIpc) is 3.09. The normalized spacial score (nSPS) is 15.6. The predicted octanol–water partition coefficient (Wildman–Crippen LogP) is 5.44. The number of nitrogens with one attached hydrogen (secondary N) is 1. The van der Waals surface area contributed by atoms with Crippen molar-refractivity contribution in [3.05, 3.63) is 83.2 Å². The van der Waals surface area contributed by atoms with Crippen LogP contribution in [0, 0.1) is 13.8 Å². The summed E-state index contributed by atoms with van der Waals surface area (Å²) in [5, 5.41) is 7.99. The van der Waals surface area contributed by atoms with Gasteiger partial charge in [-0.1, -0.05) is 42.5 Å². The van der Waals surface area contributed by atoms with E-state index in [1.54, 1.807) is 28.2 Å². The molecular formula is C25H23N5OS2. The molecule has 1 aliphatic heterocycles. The highest BCUT2D eigenvalue weighted by atomic mass is 32.2. The second-order valence-corrected chi connectivity index (χ2v) is 9.82. The molecule has 0 spiro atoms. The van der Waals surface area contributed by atoms with E-state index in [4.69, 9.17) is 5.10 Å². The van der Waals surface area contributed by atoms with Gasteiger partial charge in [-0.05, 0) is 43.9 Å². The Morgan fingerprint density at radius 1 is 1.03 bits per heavy atom. The van der Waals surface area contributed by atoms with Crippen molar-refractivity contribution in [3.8, 4) is 17.2 Å². The van der Waals surface area contributed by atoms with Crippen LogP contribution in [0.2, 0.25) is 0 Å². The van der Waals surface area contributed by atoms with E-state index in [0.29, 0.717) is 17.5 Å². The minimum atomic E-state index is -0.0651. The van der Waals surface area contributed by atoms with E-state index in [0.717, 1.165) is 33.8 Å². The molecule has 4 aromatic rings. The molecule has 1 amide bonds. The molecule has 2 aromatic carbocycles. The number of hydrogen-bond acceptors (Lipinski definition) is 6. The molecule has 5 rings (SSSR count). The van der Waals surface area contributed by atoms with Gasteiger partial charge in [-0.2, -0.15) is 9.78 Å². The van der Waals surface area contributed by atoms with Crippen molar-refractivity contribution >= 4 is 35.2 Å². The van der Waals surface area contributed by atoms with Crippen LogP contribution in [0.3, 0.4) is 0 Å². The molecule has 0 saturated heterocycles. The monoisotopic (exact) mass is 473 g/mol. The molecule has 1 aliphatic rings. The van der Waals surface area contributed by atoms with Crippen LogP contribution in [0.4, 0.5) is 5.82 Å². The van der Waals surface area contributed by atoms with Crippen LogP contribution in [0.15, 0.2) is 65.6 Å². The molecule has 6 nitrogen and oxygen atoms in total. The van der Waals surface area contributed by atoms with Gasteiger partial charge in [-0.25, -0.2) is 9.97 Å². The van der Waals surface area contributed by atoms with Gasteiger partial charge in [0.1, 0.15) is 5.82 Å². The van der Waals surface area contributed by atoms with Crippen molar-refractivity contribution in [1.29, 1.82) is 0 Å². The van der Waals surface area contributed by atoms with E-state index in [1.165, 1.54) is 4.90 Å². The maximum Gasteiger partial charge on any atom is 0.252 e. The quantitative estimate of drug-likeness (QED) is 0.398. The lowest BCUT2D eigenvalue weighted by molar-refractivity contribution is -0.113. The molecule has 33 heavy (non-hydrogen) atoms. The molecule has 1 N–H and O–H groups in total. The van der Waals surface area contributed by atoms with Crippen LogP contribution in [0.25, 0.3) is 17.2 Å². The molecule has 0 saturated carbocycles. The lowest BCUT2D eigenvalue weighted by Gasteiger charge is -2.16. The summed E-state index contributed by atoms with van der Waals surface area (Å²) in [4.78, 5) is 23.2. The highest BCUT2D eigenvalue weighted by Crippen LogP contribution is 2.46. The zero-order valence-electron chi connectivity index (χ0n) is 18.6. The third-order valence-electron chi connectivity index (χ3n) is 5.45. The summed E-state index contributed by atoms with van der Waals surface area (Å²) in [6.45, 7) is 3.87. The van der Waals surface area contributed by atoms with Gasteiger partial charge in [0.15, 0.2) is 0 Å². The minimum absolute atomic E-state index is 0.0605. The first-order valence-electron chi connectivity index (χ1n) is 10.6. The predicted molar refractivity (Wildman–Crippen MR) is 135 cm³/mol. The van der Waals surface area contributed by atoms with Gasteiger partial charge < -0.3 is 5.32 Å². The fourth-order valence-electron chi connectivity index (χ4n) is 4.01. The first kappa shape index (κ1) is 21.7. The number of nitrogens with zero attached hydrogens (tertiary/aromatic N) is 4. The van der Waals surface area contributed by atoms with Gasteiger partial charge in [-0.3, -0.25) is 4.79 Å². The van der Waals surface area contributed by atoms with Crippen molar-refractivity contribution in [3.63, 3.8) is 0 Å². The smallest absolute Gasteiger partial charge is 0.252 e. The molecule has 1 atom stereocenters. The zero-order chi connectivity index (χ0) is 22.9. The molecular weight excluding hydrogens is 450 g/mol. The van der Waals surface area contributed by atoms with Crippen molar-refractivity contribution in [2.45, 2.75) is 24.0 Å². The van der Waals surface area contributed by atoms with Gasteiger partial charge in [0, 0.05) is 27.4 Å². The fraction of sp³-hybridized carbons (Fsp3) is 0.200. The first-order valence-corrected chi connectivity index (χ1v) is 12.9. The van der Waals surface area contributed by atoms with Gasteiger partial charge in [0.05, 0.1) is 16.7 Å². The van der Waals surface area contributed by atoms with E-state index in [1.807, 2.05) is 50.2 Å². The van der Waals surface area contributed by atoms with E-state index < -0.39 is 0 Å². The van der Waals surface area contributed by atoms with E-state index in [9.17, 15) is 4.79 Å². The summed E-state index contributed by atoms with van der Waals surface area (Å²) in [5.41, 5.74) is 5.61. The Labute approximate surface area is 201 Å². The molecule has 0 unspecified atom stereocenters. The van der Waals surface area contributed by atoms with Crippen molar-refractivity contribution < 1.29 is 4.79 Å². The van der Waals surface area contributed by atoms with Crippen molar-refractivity contribution in [1.82, 2.24) is 19.7 Å². The molecule has 0 fully saturated rings. The molecule has 166 valence electrons. The number of aryl methyl sites for hydroxylation is 2. The highest BCUT2D eigenvalue weighted by Gasteiger charge is 2.33. The molecule has 3 heterocycles. The standard InChI is InChI=1S/C25H23N5OS2/c1-15-13-16(2)27-25(26-15)30-24-21(22(29-30)17-7-5-4-6-8-17)23(33-14-20(31)28-24)18-9-11-19(32-3)12-10-18/h4-13,23H,14H2,1-3H3,(H,28,31)/t23-/m1/s1. The molecule has 0 bridgehead atoms. The average molecular weight is 474 g/mol. The summed E-state index contributed by atoms with van der Waals surface area (Å²) in [6.07, 6.45) is 2.07. The number of fused-ring (bicyclic) bond motifs is 1. The number of hydrogen-bond donors (Lipinski definition) is 1. The van der Waals surface area contributed by atoms with Gasteiger partial charge in [-0.15, -0.1) is 23.5 Å². The third-order valence-corrected chi connectivity index (χ3v) is 7.46. The molecule has 2 aromatic heterocycles. The molecule has 0 radical (unpaired) electrons. The number of rotatable bonds is 4. The number of benzene rings is 2. The minimum Gasteiger partial charge on any atom is -0.309 e. The lowest BCUT2D eigenvalue weighted by Crippen LogP contribution is -2.17. The summed E-state index contributed by atoms with van der Waals surface area (Å²) in [6, 6.07) is 20.5. The number of amides is 1. The topological polar surface area (TPSA) is 72.7 Å². The lowest BCUT2D eigenvalue weighted by atomic mass is 10.00. The molecule has 8 heteroatoms. The Bertz CT molecular complexity index is 1300. The van der Waals surface area contributed by atoms with Crippen LogP contribution in [0.1, 0.15) is 27.8 Å². The van der Waals surface area contributed by atoms with Gasteiger partial charge in [0.2, 0.25) is 5.91 Å². The maximum absolute atomic E-state index is 12.8. The summed E-state index contributed by atoms with van der Waals surface area (Å²) >= 11 is 3.32. The second kappa shape index (κ2) is 9.03. The summed E-state index contributed by atoms with van der Waals surface area (Å²) < 4.78 is 1.69. The third kappa shape index (κ3) is 4.28. The number of thioether (sulfide) groups is 2. The maximum atomic E-state index is 12.8. The van der Waals surface area contributed by atoms with E-state index >= 15 is 0 Å². The summed E-state index contributed by atoms with van der Waals surface area (Å²) in [7, 11) is 0. The van der Waals surface area contributed by atoms with Crippen LogP contribution < -0.4 is 5.32 Å². The zero-order valence-corrected chi connectivity index (χ0v) is 20.2. The summed E-state index contributed by atoms with van der Waals surface area (Å²) in [5.74, 6) is 1.38. The Kier molecular flexibility index (Phi) is 5.95.